The summed E-state index contributed by atoms with van der Waals surface area (Å²) >= 11 is 5.04. The van der Waals surface area contributed by atoms with Crippen molar-refractivity contribution in [3.05, 3.63) is 35.9 Å². The van der Waals surface area contributed by atoms with E-state index < -0.39 is 0 Å². The number of likely N-dealkylation sites (tertiary alicyclic amines) is 1. The van der Waals surface area contributed by atoms with Crippen LogP contribution in [0.15, 0.2) is 30.3 Å². The van der Waals surface area contributed by atoms with Crippen LogP contribution in [0.4, 0.5) is 0 Å². The molecule has 1 N–H and O–H groups in total. The number of rotatable bonds is 2. The lowest BCUT2D eigenvalue weighted by Crippen LogP contribution is -2.42. The minimum atomic E-state index is -0.222. The number of nitrogens with one attached hydrogen (secondary N) is 1. The molecule has 0 aromatic heterocycles. The summed E-state index contributed by atoms with van der Waals surface area (Å²) in [7, 11) is 0. The van der Waals surface area contributed by atoms with Crippen molar-refractivity contribution in [2.24, 2.45) is 0 Å². The first kappa shape index (κ1) is 11.7. The van der Waals surface area contributed by atoms with E-state index in [2.05, 4.69) is 5.32 Å². The molecular formula is C12H12N2O2S. The molecular weight excluding hydrogens is 236 g/mol. The minimum Gasteiger partial charge on any atom is -0.358 e. The molecule has 1 aromatic rings. The van der Waals surface area contributed by atoms with Crippen molar-refractivity contribution in [3.63, 3.8) is 0 Å². The second-order valence-corrected chi connectivity index (χ2v) is 4.15. The van der Waals surface area contributed by atoms with Gasteiger partial charge in [-0.05, 0) is 17.8 Å². The molecule has 1 aliphatic heterocycles. The van der Waals surface area contributed by atoms with Gasteiger partial charge in [0.05, 0.1) is 0 Å². The summed E-state index contributed by atoms with van der Waals surface area (Å²) in [5.74, 6) is -0.443. The third-order valence-corrected chi connectivity index (χ3v) is 2.87. The van der Waals surface area contributed by atoms with Gasteiger partial charge in [-0.2, -0.15) is 0 Å². The van der Waals surface area contributed by atoms with Gasteiger partial charge < -0.3 is 5.32 Å². The molecule has 0 bridgehead atoms. The first-order chi connectivity index (χ1) is 8.18. The summed E-state index contributed by atoms with van der Waals surface area (Å²) < 4.78 is 0. The van der Waals surface area contributed by atoms with E-state index in [0.717, 1.165) is 10.5 Å². The molecule has 0 saturated carbocycles. The Kier molecular flexibility index (Phi) is 3.49. The number of hydrogen-bond donors (Lipinski definition) is 1. The fraction of sp³-hybridized carbons (Fsp3) is 0.250. The third kappa shape index (κ3) is 2.68. The van der Waals surface area contributed by atoms with E-state index in [1.54, 1.807) is 0 Å². The van der Waals surface area contributed by atoms with E-state index in [0.29, 0.717) is 6.54 Å². The predicted octanol–water partition coefficient (Wildman–Crippen LogP) is 1.21. The first-order valence-electron chi connectivity index (χ1n) is 5.36. The normalized spacial score (nSPS) is 15.2. The van der Waals surface area contributed by atoms with Crippen LogP contribution in [0.25, 0.3) is 0 Å². The van der Waals surface area contributed by atoms with Crippen LogP contribution in [-0.2, 0) is 16.1 Å². The van der Waals surface area contributed by atoms with Gasteiger partial charge in [0.25, 0.3) is 0 Å². The van der Waals surface area contributed by atoms with Gasteiger partial charge in [-0.25, -0.2) is 4.90 Å². The van der Waals surface area contributed by atoms with Gasteiger partial charge in [-0.3, -0.25) is 9.59 Å². The van der Waals surface area contributed by atoms with Crippen molar-refractivity contribution < 1.29 is 9.59 Å². The van der Waals surface area contributed by atoms with Crippen LogP contribution in [0.2, 0.25) is 0 Å². The van der Waals surface area contributed by atoms with E-state index in [1.807, 2.05) is 30.3 Å². The summed E-state index contributed by atoms with van der Waals surface area (Å²) in [5.41, 5.74) is 1.05. The average Bonchev–Trinajstić information content (AvgIpc) is 2.67. The monoisotopic (exact) mass is 248 g/mol. The van der Waals surface area contributed by atoms with Crippen LogP contribution in [0.3, 0.4) is 0 Å². The van der Waals surface area contributed by atoms with Crippen LogP contribution in [0.1, 0.15) is 18.4 Å². The zero-order valence-corrected chi connectivity index (χ0v) is 10.00. The Bertz CT molecular complexity index is 443. The Morgan fingerprint density at radius 2 is 1.76 bits per heavy atom. The molecule has 0 radical (unpaired) electrons. The number of amides is 2. The fourth-order valence-electron chi connectivity index (χ4n) is 1.66. The number of nitrogens with zero attached hydrogens (tertiary/aromatic N) is 1. The van der Waals surface area contributed by atoms with Gasteiger partial charge in [0, 0.05) is 19.4 Å². The summed E-state index contributed by atoms with van der Waals surface area (Å²) in [5, 5.41) is 3.11. The molecule has 5 heteroatoms. The van der Waals surface area contributed by atoms with Crippen LogP contribution in [0, 0.1) is 0 Å². The van der Waals surface area contributed by atoms with Crippen molar-refractivity contribution in [1.29, 1.82) is 0 Å². The van der Waals surface area contributed by atoms with E-state index in [-0.39, 0.29) is 29.8 Å². The van der Waals surface area contributed by atoms with E-state index in [4.69, 9.17) is 12.2 Å². The van der Waals surface area contributed by atoms with Crippen molar-refractivity contribution >= 4 is 29.1 Å². The highest BCUT2D eigenvalue weighted by molar-refractivity contribution is 7.80. The Balaban J connectivity index is 1.94. The van der Waals surface area contributed by atoms with Crippen molar-refractivity contribution in [1.82, 2.24) is 10.2 Å². The number of thiocarbonyl (C=S) groups is 1. The van der Waals surface area contributed by atoms with Crippen LogP contribution in [-0.4, -0.2) is 21.8 Å². The lowest BCUT2D eigenvalue weighted by Gasteiger charge is -2.16. The molecule has 1 fully saturated rings. The van der Waals surface area contributed by atoms with E-state index in [1.165, 1.54) is 0 Å². The Morgan fingerprint density at radius 3 is 2.35 bits per heavy atom. The van der Waals surface area contributed by atoms with Crippen molar-refractivity contribution in [2.45, 2.75) is 19.4 Å². The van der Waals surface area contributed by atoms with Crippen LogP contribution >= 0.6 is 12.2 Å². The topological polar surface area (TPSA) is 49.4 Å². The Labute approximate surface area is 105 Å². The highest BCUT2D eigenvalue weighted by Gasteiger charge is 2.31. The van der Waals surface area contributed by atoms with Crippen molar-refractivity contribution in [2.75, 3.05) is 0 Å². The number of benzene rings is 1. The molecule has 88 valence electrons. The van der Waals surface area contributed by atoms with Gasteiger partial charge in [0.15, 0.2) is 5.11 Å². The largest absolute Gasteiger partial charge is 0.358 e. The smallest absolute Gasteiger partial charge is 0.236 e. The maximum Gasteiger partial charge on any atom is 0.236 e. The molecule has 0 spiro atoms. The number of imide groups is 1. The number of carbonyl (C=O) groups is 2. The zero-order valence-electron chi connectivity index (χ0n) is 9.18. The lowest BCUT2D eigenvalue weighted by molar-refractivity contribution is -0.133. The Morgan fingerprint density at radius 1 is 1.18 bits per heavy atom. The molecule has 2 rings (SSSR count). The van der Waals surface area contributed by atoms with Gasteiger partial charge in [-0.15, -0.1) is 0 Å². The second kappa shape index (κ2) is 5.05. The molecule has 1 saturated heterocycles. The summed E-state index contributed by atoms with van der Waals surface area (Å²) in [4.78, 5) is 23.9. The maximum absolute atomic E-state index is 11.4. The first-order valence-corrected chi connectivity index (χ1v) is 5.77. The van der Waals surface area contributed by atoms with Crippen LogP contribution < -0.4 is 5.32 Å². The summed E-state index contributed by atoms with van der Waals surface area (Å²) in [6.07, 6.45) is 0.512. The minimum absolute atomic E-state index is 0.196. The standard InChI is InChI=1S/C12H12N2O2S/c15-10-6-7-11(16)14(10)12(17)13-8-9-4-2-1-3-5-9/h1-5H,6-8H2,(H,13,17). The molecule has 4 nitrogen and oxygen atoms in total. The second-order valence-electron chi connectivity index (χ2n) is 3.77. The van der Waals surface area contributed by atoms with Gasteiger partial charge in [0.2, 0.25) is 11.8 Å². The third-order valence-electron chi connectivity index (χ3n) is 2.54. The fourth-order valence-corrected chi connectivity index (χ4v) is 1.93. The molecule has 0 unspecified atom stereocenters. The molecule has 17 heavy (non-hydrogen) atoms. The van der Waals surface area contributed by atoms with E-state index >= 15 is 0 Å². The number of carbonyl (C=O) groups excluding carboxylic acids is 2. The quantitative estimate of drug-likeness (QED) is 0.631. The predicted molar refractivity (Wildman–Crippen MR) is 67.0 cm³/mol. The number of hydrogen-bond acceptors (Lipinski definition) is 3. The molecule has 0 atom stereocenters. The van der Waals surface area contributed by atoms with E-state index in [9.17, 15) is 9.59 Å². The van der Waals surface area contributed by atoms with Gasteiger partial charge in [0.1, 0.15) is 0 Å². The molecule has 0 aliphatic carbocycles. The zero-order chi connectivity index (χ0) is 12.3. The lowest BCUT2D eigenvalue weighted by atomic mass is 10.2. The van der Waals surface area contributed by atoms with Crippen LogP contribution in [0.5, 0.6) is 0 Å². The average molecular weight is 248 g/mol. The van der Waals surface area contributed by atoms with Gasteiger partial charge in [-0.1, -0.05) is 30.3 Å². The van der Waals surface area contributed by atoms with Crippen molar-refractivity contribution in [3.8, 4) is 0 Å². The highest BCUT2D eigenvalue weighted by atomic mass is 32.1. The maximum atomic E-state index is 11.4. The molecule has 1 aromatic carbocycles. The SMILES string of the molecule is O=C1CCC(=O)N1C(=S)NCc1ccccc1. The summed E-state index contributed by atoms with van der Waals surface area (Å²) in [6.45, 7) is 0.511. The highest BCUT2D eigenvalue weighted by Crippen LogP contribution is 2.12. The van der Waals surface area contributed by atoms with Gasteiger partial charge >= 0.3 is 0 Å². The summed E-state index contributed by atoms with van der Waals surface area (Å²) in [6, 6.07) is 9.67. The Hall–Kier alpha value is -1.75. The molecule has 1 aliphatic rings. The molecule has 1 heterocycles. The molecule has 2 amide bonds.